The van der Waals surface area contributed by atoms with Gasteiger partial charge >= 0.3 is 12.6 Å². The average molecular weight is 527 g/mol. The minimum atomic E-state index is -3.08. The lowest BCUT2D eigenvalue weighted by Gasteiger charge is -2.55. The fourth-order valence-electron chi connectivity index (χ4n) is 3.21. The zero-order chi connectivity index (χ0) is 24.9. The Morgan fingerprint density at radius 3 is 2.82 bits per heavy atom. The van der Waals surface area contributed by atoms with Gasteiger partial charge < -0.3 is 24.6 Å². The number of carbonyl (C=O) groups is 3. The van der Waals surface area contributed by atoms with Crippen LogP contribution in [0, 0.1) is 0 Å². The number of aliphatic hydroxyl groups excluding tert-OH is 1. The van der Waals surface area contributed by atoms with Crippen LogP contribution in [0.3, 0.4) is 0 Å². The maximum Gasteiger partial charge on any atom is 0.355 e. The van der Waals surface area contributed by atoms with Gasteiger partial charge in [-0.1, -0.05) is 11.8 Å². The van der Waals surface area contributed by atoms with E-state index >= 15 is 0 Å². The number of nitrogens with one attached hydrogen (secondary N) is 1. The summed E-state index contributed by atoms with van der Waals surface area (Å²) in [6.45, 7) is -3.22. The summed E-state index contributed by atoms with van der Waals surface area (Å²) in [5.41, 5.74) is -1.67. The van der Waals surface area contributed by atoms with Crippen LogP contribution >= 0.6 is 23.8 Å². The number of methoxy groups -OCH3 is 2. The van der Waals surface area contributed by atoms with Crippen molar-refractivity contribution >= 4 is 41.6 Å². The highest BCUT2D eigenvalue weighted by molar-refractivity contribution is 7.99. The van der Waals surface area contributed by atoms with E-state index in [0.717, 1.165) is 30.9 Å². The molecule has 3 heterocycles. The largest absolute Gasteiger partial charge is 0.464 e. The molecule has 1 aromatic rings. The minimum absolute atomic E-state index is 0.0882. The number of hydrogen-bond acceptors (Lipinski definition) is 13. The molecular weight excluding hydrogens is 506 g/mol. The highest BCUT2D eigenvalue weighted by Crippen LogP contribution is 2.41. The van der Waals surface area contributed by atoms with Crippen LogP contribution in [0.15, 0.2) is 16.4 Å². The molecule has 0 radical (unpaired) electrons. The van der Waals surface area contributed by atoms with E-state index in [1.54, 1.807) is 0 Å². The summed E-state index contributed by atoms with van der Waals surface area (Å²) in [7, 11) is 2.29. The fourth-order valence-corrected chi connectivity index (χ4v) is 4.45. The molecule has 18 heteroatoms. The number of alkyl halides is 2. The van der Waals surface area contributed by atoms with E-state index in [2.05, 4.69) is 25.0 Å². The minimum Gasteiger partial charge on any atom is -0.464 e. The van der Waals surface area contributed by atoms with Gasteiger partial charge in [-0.3, -0.25) is 18.7 Å². The van der Waals surface area contributed by atoms with Gasteiger partial charge in [0, 0.05) is 24.9 Å². The first kappa shape index (κ1) is 26.2. The first-order chi connectivity index (χ1) is 16.3. The number of rotatable bonds is 12. The second-order valence-corrected chi connectivity index (χ2v) is 8.25. The van der Waals surface area contributed by atoms with Crippen molar-refractivity contribution in [2.24, 2.45) is 0 Å². The van der Waals surface area contributed by atoms with Crippen LogP contribution in [0.2, 0.25) is 0 Å². The van der Waals surface area contributed by atoms with Crippen molar-refractivity contribution in [1.29, 1.82) is 0 Å². The topological polar surface area (TPSA) is 167 Å². The number of tetrazole rings is 1. The van der Waals surface area contributed by atoms with Crippen molar-refractivity contribution in [1.82, 2.24) is 30.4 Å². The average Bonchev–Trinajstić information content (AvgIpc) is 3.26. The van der Waals surface area contributed by atoms with E-state index in [0.29, 0.717) is 10.7 Å². The highest BCUT2D eigenvalue weighted by atomic mass is 32.2. The summed E-state index contributed by atoms with van der Waals surface area (Å²) in [6.07, 6.45) is -1.21. The molecule has 0 spiro atoms. The maximum absolute atomic E-state index is 13.1. The number of halogens is 2. The number of aliphatic hydroxyl groups is 1. The summed E-state index contributed by atoms with van der Waals surface area (Å²) in [4.78, 5) is 38.7. The number of β-lactam (4-membered cyclic amide) rings is 1. The zero-order valence-electron chi connectivity index (χ0n) is 17.8. The van der Waals surface area contributed by atoms with Crippen LogP contribution in [0.25, 0.3) is 0 Å². The van der Waals surface area contributed by atoms with Gasteiger partial charge in [0.05, 0.1) is 32.6 Å². The Hall–Kier alpha value is -2.38. The van der Waals surface area contributed by atoms with Crippen molar-refractivity contribution < 1.29 is 46.7 Å². The maximum atomic E-state index is 13.1. The molecule has 0 bridgehead atoms. The van der Waals surface area contributed by atoms with E-state index in [4.69, 9.17) is 19.3 Å². The summed E-state index contributed by atoms with van der Waals surface area (Å²) in [5.74, 6) is -2.87. The number of nitrogens with zero attached hydrogens (tertiary/aromatic N) is 5. The molecule has 2 aliphatic heterocycles. The van der Waals surface area contributed by atoms with Gasteiger partial charge in [-0.15, -0.1) is 5.10 Å². The first-order valence-corrected chi connectivity index (χ1v) is 11.4. The smallest absolute Gasteiger partial charge is 0.355 e. The number of ether oxygens (including phenoxy) is 3. The molecule has 34 heavy (non-hydrogen) atoms. The van der Waals surface area contributed by atoms with Crippen LogP contribution in [0.4, 0.5) is 8.78 Å². The monoisotopic (exact) mass is 526 g/mol. The van der Waals surface area contributed by atoms with Gasteiger partial charge in [0.1, 0.15) is 5.70 Å². The first-order valence-electron chi connectivity index (χ1n) is 9.47. The third kappa shape index (κ3) is 5.15. The molecule has 1 fully saturated rings. The molecule has 188 valence electrons. The van der Waals surface area contributed by atoms with Crippen LogP contribution in [0.5, 0.6) is 0 Å². The van der Waals surface area contributed by atoms with Crippen molar-refractivity contribution in [3.63, 3.8) is 0 Å². The predicted octanol–water partition coefficient (Wildman–Crippen LogP) is -1.27. The highest BCUT2D eigenvalue weighted by Gasteiger charge is 2.67. The lowest BCUT2D eigenvalue weighted by Crippen LogP contribution is -2.82. The molecular formula is C16H20F2N6O8S2. The Labute approximate surface area is 199 Å². The lowest BCUT2D eigenvalue weighted by atomic mass is 9.94. The van der Waals surface area contributed by atoms with Crippen LogP contribution in [-0.2, 0) is 39.3 Å². The second kappa shape index (κ2) is 11.4. The van der Waals surface area contributed by atoms with Crippen molar-refractivity contribution in [3.8, 4) is 0 Å². The SMILES string of the molecule is COC(=O)C1=C(CSc2nnnn2CCO)CO[C@H]2N1C(=O)[C@]2(NC(=O)CSOC(F)F)OC. The predicted molar refractivity (Wildman–Crippen MR) is 109 cm³/mol. The summed E-state index contributed by atoms with van der Waals surface area (Å²) < 4.78 is 45.3. The third-order valence-electron chi connectivity index (χ3n) is 4.65. The van der Waals surface area contributed by atoms with Gasteiger partial charge in [-0.05, 0) is 16.0 Å². The Morgan fingerprint density at radius 1 is 1.41 bits per heavy atom. The van der Waals surface area contributed by atoms with Gasteiger partial charge in [0.2, 0.25) is 11.1 Å². The van der Waals surface area contributed by atoms with Crippen molar-refractivity contribution in [3.05, 3.63) is 11.3 Å². The molecule has 2 amide bonds. The number of hydrogen-bond donors (Lipinski definition) is 2. The Morgan fingerprint density at radius 2 is 2.18 bits per heavy atom. The lowest BCUT2D eigenvalue weighted by molar-refractivity contribution is -0.258. The Kier molecular flexibility index (Phi) is 8.77. The van der Waals surface area contributed by atoms with Gasteiger partial charge in [-0.25, -0.2) is 9.48 Å². The van der Waals surface area contributed by atoms with Crippen molar-refractivity contribution in [2.75, 3.05) is 38.9 Å². The fraction of sp³-hybridized carbons (Fsp3) is 0.625. The molecule has 0 aromatic carbocycles. The second-order valence-electron chi connectivity index (χ2n) is 6.59. The zero-order valence-corrected chi connectivity index (χ0v) is 19.4. The number of fused-ring (bicyclic) bond motifs is 1. The van der Waals surface area contributed by atoms with Gasteiger partial charge in [0.15, 0.2) is 6.23 Å². The molecule has 3 rings (SSSR count). The molecule has 0 unspecified atom stereocenters. The van der Waals surface area contributed by atoms with E-state index < -0.39 is 42.1 Å². The number of thioether (sulfide) groups is 1. The number of aromatic nitrogens is 4. The molecule has 14 nitrogen and oxygen atoms in total. The summed E-state index contributed by atoms with van der Waals surface area (Å²) in [5, 5.41) is 22.9. The molecule has 2 aliphatic rings. The molecule has 2 N–H and O–H groups in total. The summed E-state index contributed by atoms with van der Waals surface area (Å²) >= 11 is 1.34. The number of esters is 1. The van der Waals surface area contributed by atoms with E-state index in [-0.39, 0.29) is 43.3 Å². The third-order valence-corrected chi connectivity index (χ3v) is 6.36. The molecule has 0 saturated carbocycles. The molecule has 0 aliphatic carbocycles. The van der Waals surface area contributed by atoms with Crippen molar-refractivity contribution in [2.45, 2.75) is 30.3 Å². The standard InChI is InChI=1S/C16H20F2N6O8S2/c1-29-11(27)10-8(6-33-15-20-21-22-23(15)3-4-25)5-31-13-16(30-2,12(28)24(10)13)19-9(26)7-34-32-14(17)18/h13-14,25H,3-7H2,1-2H3,(H,19,26)/t13-,16+/m1/s1. The van der Waals surface area contributed by atoms with Gasteiger partial charge in [-0.2, -0.15) is 8.78 Å². The van der Waals surface area contributed by atoms with Gasteiger partial charge in [0.25, 0.3) is 11.6 Å². The van der Waals surface area contributed by atoms with Crippen LogP contribution in [0.1, 0.15) is 0 Å². The Balaban J connectivity index is 1.77. The van der Waals surface area contributed by atoms with E-state index in [1.807, 2.05) is 0 Å². The molecule has 2 atom stereocenters. The normalized spacial score (nSPS) is 22.0. The Bertz CT molecular complexity index is 966. The van der Waals surface area contributed by atoms with E-state index in [9.17, 15) is 23.2 Å². The molecule has 1 aromatic heterocycles. The number of carbonyl (C=O) groups excluding carboxylic acids is 3. The van der Waals surface area contributed by atoms with Crippen LogP contribution in [-0.4, -0.2) is 106 Å². The quantitative estimate of drug-likeness (QED) is 0.109. The number of amides is 2. The van der Waals surface area contributed by atoms with E-state index in [1.165, 1.54) is 4.68 Å². The van der Waals surface area contributed by atoms with Crippen LogP contribution < -0.4 is 5.32 Å². The summed E-state index contributed by atoms with van der Waals surface area (Å²) in [6, 6.07) is 0. The molecule has 1 saturated heterocycles.